The Morgan fingerprint density at radius 3 is 2.55 bits per heavy atom. The van der Waals surface area contributed by atoms with E-state index < -0.39 is 0 Å². The van der Waals surface area contributed by atoms with Gasteiger partial charge in [-0.05, 0) is 23.8 Å². The second-order valence-corrected chi connectivity index (χ2v) is 2.84. The molecule has 0 aliphatic carbocycles. The van der Waals surface area contributed by atoms with Crippen molar-refractivity contribution in [1.29, 1.82) is 0 Å². The van der Waals surface area contributed by atoms with Gasteiger partial charge in [0.05, 0.1) is 0 Å². The molecule has 11 heavy (non-hydrogen) atoms. The first-order valence-corrected chi connectivity index (χ1v) is 4.24. The Morgan fingerprint density at radius 1 is 1.45 bits per heavy atom. The van der Waals surface area contributed by atoms with Crippen LogP contribution in [-0.2, 0) is 24.8 Å². The molecule has 0 aliphatic heterocycles. The molecule has 56 valence electrons. The minimum absolute atomic E-state index is 0. The van der Waals surface area contributed by atoms with Crippen molar-refractivity contribution >= 4 is 27.5 Å². The van der Waals surface area contributed by atoms with Crippen LogP contribution in [0.1, 0.15) is 5.56 Å². The minimum Gasteiger partial charge on any atom is -0.207 e. The molecule has 0 heterocycles. The first kappa shape index (κ1) is 11.5. The van der Waals surface area contributed by atoms with Gasteiger partial charge < -0.3 is 0 Å². The van der Waals surface area contributed by atoms with Crippen molar-refractivity contribution in [3.8, 4) is 0 Å². The van der Waals surface area contributed by atoms with Gasteiger partial charge in [0.15, 0.2) is 0 Å². The fraction of sp³-hybridized carbons (Fsp3) is 0.143. The van der Waals surface area contributed by atoms with Crippen molar-refractivity contribution in [1.82, 2.24) is 0 Å². The van der Waals surface area contributed by atoms with E-state index in [1.54, 1.807) is 6.07 Å². The van der Waals surface area contributed by atoms with E-state index in [-0.39, 0.29) is 25.3 Å². The molecular weight excluding hydrogens is 284 g/mol. The zero-order valence-corrected chi connectivity index (χ0v) is 11.1. The van der Waals surface area contributed by atoms with Crippen molar-refractivity contribution in [2.45, 2.75) is 5.33 Å². The monoisotopic (exact) mass is 286 g/mol. The molecule has 0 radical (unpaired) electrons. The van der Waals surface area contributed by atoms with Gasteiger partial charge in [0.25, 0.3) is 0 Å². The predicted octanol–water partition coefficient (Wildman–Crippen LogP) is 3.37. The van der Waals surface area contributed by atoms with Crippen LogP contribution in [0.25, 0.3) is 0 Å². The summed E-state index contributed by atoms with van der Waals surface area (Å²) in [6.45, 7) is 0. The zero-order chi connectivity index (χ0) is 7.56. The van der Waals surface area contributed by atoms with Crippen molar-refractivity contribution < 1.29 is 23.9 Å². The van der Waals surface area contributed by atoms with Gasteiger partial charge in [-0.2, -0.15) is 0 Å². The summed E-state index contributed by atoms with van der Waals surface area (Å²) >= 11 is 8.89. The first-order chi connectivity index (χ1) is 4.74. The third-order valence-corrected chi connectivity index (χ3v) is 2.12. The predicted molar refractivity (Wildman–Crippen MR) is 44.0 cm³/mol. The molecule has 0 fully saturated rings. The first-order valence-electron chi connectivity index (χ1n) is 2.74. The molecule has 0 atom stereocenters. The third kappa shape index (κ3) is 3.19. The number of alkyl halides is 1. The van der Waals surface area contributed by atoms with Crippen molar-refractivity contribution in [3.63, 3.8) is 0 Å². The van der Waals surface area contributed by atoms with Crippen LogP contribution in [0.3, 0.4) is 0 Å². The average Bonchev–Trinajstić information content (AvgIpc) is 1.94. The Morgan fingerprint density at radius 2 is 2.09 bits per heavy atom. The molecule has 4 heteroatoms. The maximum absolute atomic E-state index is 12.5. The van der Waals surface area contributed by atoms with E-state index in [2.05, 4.69) is 15.9 Å². The van der Waals surface area contributed by atoms with Crippen LogP contribution in [0.2, 0.25) is 5.02 Å². The number of hydrogen-bond donors (Lipinski definition) is 0. The number of halogens is 3. The Hall–Kier alpha value is 0.543. The van der Waals surface area contributed by atoms with Gasteiger partial charge in [-0.15, -0.1) is 0 Å². The van der Waals surface area contributed by atoms with E-state index in [1.165, 1.54) is 12.1 Å². The Labute approximate surface area is 91.0 Å². The van der Waals surface area contributed by atoms with Gasteiger partial charge in [0.1, 0.15) is 5.82 Å². The van der Waals surface area contributed by atoms with E-state index in [9.17, 15) is 4.39 Å². The number of rotatable bonds is 1. The maximum Gasteiger partial charge on any atom is 0.123 e. The van der Waals surface area contributed by atoms with Crippen LogP contribution in [0.5, 0.6) is 0 Å². The molecule has 0 nitrogen and oxygen atoms in total. The summed E-state index contributed by atoms with van der Waals surface area (Å²) in [4.78, 5) is 0. The van der Waals surface area contributed by atoms with Gasteiger partial charge >= 0.3 is 0 Å². The van der Waals surface area contributed by atoms with E-state index >= 15 is 0 Å². The topological polar surface area (TPSA) is 0 Å². The summed E-state index contributed by atoms with van der Waals surface area (Å²) in [5.41, 5.74) is 0.779. The largest absolute Gasteiger partial charge is 0.207 e. The molecule has 0 saturated heterocycles. The summed E-state index contributed by atoms with van der Waals surface area (Å²) in [6, 6.07) is 4.30. The van der Waals surface area contributed by atoms with Crippen LogP contribution in [0, 0.1) is 5.82 Å². The standard InChI is InChI=1S/C7H5BrClF.Zn/c8-4-5-3-6(10)1-2-7(5)9;/h1-3H,4H2;. The van der Waals surface area contributed by atoms with Crippen LogP contribution in [0.15, 0.2) is 18.2 Å². The fourth-order valence-corrected chi connectivity index (χ4v) is 1.46. The molecule has 0 bridgehead atoms. The molecule has 0 unspecified atom stereocenters. The van der Waals surface area contributed by atoms with Crippen molar-refractivity contribution in [2.24, 2.45) is 0 Å². The summed E-state index contributed by atoms with van der Waals surface area (Å²) in [5.74, 6) is -0.251. The molecule has 0 saturated carbocycles. The van der Waals surface area contributed by atoms with Crippen molar-refractivity contribution in [3.05, 3.63) is 34.6 Å². The maximum atomic E-state index is 12.5. The van der Waals surface area contributed by atoms with Gasteiger partial charge in [0, 0.05) is 29.8 Å². The van der Waals surface area contributed by atoms with Gasteiger partial charge in [0.2, 0.25) is 0 Å². The fourth-order valence-electron chi connectivity index (χ4n) is 0.646. The summed E-state index contributed by atoms with van der Waals surface area (Å²) in [5, 5.41) is 1.18. The Bertz CT molecular complexity index is 242. The molecule has 1 aromatic carbocycles. The molecule has 0 aliphatic rings. The van der Waals surface area contributed by atoms with Crippen LogP contribution >= 0.6 is 27.5 Å². The normalized spacial score (nSPS) is 9.00. The second-order valence-electron chi connectivity index (χ2n) is 1.87. The van der Waals surface area contributed by atoms with Crippen LogP contribution in [0.4, 0.5) is 4.39 Å². The summed E-state index contributed by atoms with van der Waals surface area (Å²) < 4.78 is 12.5. The molecule has 0 N–H and O–H groups in total. The van der Waals surface area contributed by atoms with Gasteiger partial charge in [-0.25, -0.2) is 4.39 Å². The molecular formula is C7H5BrClFZn. The number of hydrogen-bond acceptors (Lipinski definition) is 0. The molecule has 1 rings (SSSR count). The summed E-state index contributed by atoms with van der Waals surface area (Å²) in [7, 11) is 0. The second kappa shape index (κ2) is 5.24. The molecule has 0 spiro atoms. The quantitative estimate of drug-likeness (QED) is 0.549. The Kier molecular flexibility index (Phi) is 5.49. The van der Waals surface area contributed by atoms with Gasteiger partial charge in [-0.3, -0.25) is 0 Å². The molecule has 0 amide bonds. The van der Waals surface area contributed by atoms with Crippen LogP contribution < -0.4 is 0 Å². The minimum atomic E-state index is -0.251. The van der Waals surface area contributed by atoms with E-state index in [4.69, 9.17) is 11.6 Å². The van der Waals surface area contributed by atoms with E-state index in [0.717, 1.165) is 5.56 Å². The van der Waals surface area contributed by atoms with E-state index in [1.807, 2.05) is 0 Å². The third-order valence-electron chi connectivity index (χ3n) is 1.15. The smallest absolute Gasteiger partial charge is 0.123 e. The Balaban J connectivity index is 0.000001000. The zero-order valence-electron chi connectivity index (χ0n) is 5.78. The van der Waals surface area contributed by atoms with Crippen molar-refractivity contribution in [2.75, 3.05) is 0 Å². The van der Waals surface area contributed by atoms with E-state index in [0.29, 0.717) is 10.4 Å². The summed E-state index contributed by atoms with van der Waals surface area (Å²) in [6.07, 6.45) is 0. The number of benzene rings is 1. The average molecular weight is 289 g/mol. The van der Waals surface area contributed by atoms with Crippen LogP contribution in [-0.4, -0.2) is 0 Å². The molecule has 1 aromatic rings. The SMILES string of the molecule is Fc1ccc(Cl)c(CBr)c1.[Zn]. The van der Waals surface area contributed by atoms with Gasteiger partial charge in [-0.1, -0.05) is 27.5 Å². The molecule has 0 aromatic heterocycles.